The summed E-state index contributed by atoms with van der Waals surface area (Å²) in [6.07, 6.45) is 0. The fraction of sp³-hybridized carbons (Fsp3) is 0. The molecule has 1 aromatic carbocycles. The first kappa shape index (κ1) is 11.1. The standard InChI is InChI=1S/C6HBr2Cl2N3/c7-4-2(9)1-3(12-13-11)5(8)6(4)10/h1H. The Labute approximate surface area is 101 Å². The van der Waals surface area contributed by atoms with E-state index in [0.29, 0.717) is 24.7 Å². The lowest BCUT2D eigenvalue weighted by atomic mass is 10.3. The molecule has 0 heterocycles. The van der Waals surface area contributed by atoms with Crippen molar-refractivity contribution in [2.75, 3.05) is 0 Å². The molecule has 0 amide bonds. The van der Waals surface area contributed by atoms with Gasteiger partial charge in [-0.2, -0.15) is 0 Å². The predicted molar refractivity (Wildman–Crippen MR) is 60.7 cm³/mol. The largest absolute Gasteiger partial charge is 0.0830 e. The van der Waals surface area contributed by atoms with Gasteiger partial charge in [0.1, 0.15) is 0 Å². The van der Waals surface area contributed by atoms with E-state index in [2.05, 4.69) is 41.9 Å². The van der Waals surface area contributed by atoms with Crippen molar-refractivity contribution in [3.63, 3.8) is 0 Å². The third-order valence-electron chi connectivity index (χ3n) is 1.24. The number of rotatable bonds is 1. The zero-order valence-corrected chi connectivity index (χ0v) is 10.6. The van der Waals surface area contributed by atoms with Gasteiger partial charge in [-0.15, -0.1) is 0 Å². The van der Waals surface area contributed by atoms with Gasteiger partial charge in [0.15, 0.2) is 0 Å². The third kappa shape index (κ3) is 2.30. The lowest BCUT2D eigenvalue weighted by molar-refractivity contribution is 1.44. The molecule has 0 aromatic heterocycles. The van der Waals surface area contributed by atoms with Gasteiger partial charge in [-0.25, -0.2) is 0 Å². The summed E-state index contributed by atoms with van der Waals surface area (Å²) in [5.41, 5.74) is 8.60. The minimum Gasteiger partial charge on any atom is -0.0830 e. The van der Waals surface area contributed by atoms with Crippen molar-refractivity contribution >= 4 is 60.7 Å². The summed E-state index contributed by atoms with van der Waals surface area (Å²) in [5, 5.41) is 4.20. The molecule has 0 radical (unpaired) electrons. The molecule has 1 aromatic rings. The van der Waals surface area contributed by atoms with Crippen LogP contribution in [0.25, 0.3) is 10.4 Å². The van der Waals surface area contributed by atoms with Crippen molar-refractivity contribution in [3.05, 3.63) is 35.5 Å². The maximum atomic E-state index is 8.23. The van der Waals surface area contributed by atoms with Gasteiger partial charge in [-0.05, 0) is 43.5 Å². The van der Waals surface area contributed by atoms with Crippen LogP contribution in [0, 0.1) is 0 Å². The zero-order chi connectivity index (χ0) is 10.0. The first-order valence-electron chi connectivity index (χ1n) is 2.96. The van der Waals surface area contributed by atoms with Crippen LogP contribution >= 0.6 is 55.1 Å². The Morgan fingerprint density at radius 2 is 1.92 bits per heavy atom. The molecule has 68 valence electrons. The van der Waals surface area contributed by atoms with Crippen LogP contribution in [-0.4, -0.2) is 0 Å². The fourth-order valence-corrected chi connectivity index (χ4v) is 2.10. The van der Waals surface area contributed by atoms with E-state index in [4.69, 9.17) is 28.7 Å². The molecule has 0 unspecified atom stereocenters. The number of azide groups is 1. The highest BCUT2D eigenvalue weighted by Crippen LogP contribution is 2.42. The minimum absolute atomic E-state index is 0.362. The Morgan fingerprint density at radius 3 is 2.46 bits per heavy atom. The number of benzene rings is 1. The van der Waals surface area contributed by atoms with Crippen LogP contribution in [-0.2, 0) is 0 Å². The average Bonchev–Trinajstić information content (AvgIpc) is 2.11. The van der Waals surface area contributed by atoms with Gasteiger partial charge in [0, 0.05) is 9.38 Å². The van der Waals surface area contributed by atoms with E-state index in [9.17, 15) is 0 Å². The Morgan fingerprint density at radius 1 is 1.31 bits per heavy atom. The smallest absolute Gasteiger partial charge is 0.0709 e. The number of hydrogen-bond donors (Lipinski definition) is 0. The molecular formula is C6HBr2Cl2N3. The van der Waals surface area contributed by atoms with E-state index in [1.165, 1.54) is 6.07 Å². The summed E-state index contributed by atoms with van der Waals surface area (Å²) >= 11 is 18.0. The molecule has 0 aliphatic heterocycles. The Balaban J connectivity index is 3.49. The van der Waals surface area contributed by atoms with Crippen LogP contribution < -0.4 is 0 Å². The first-order chi connectivity index (χ1) is 6.07. The second-order valence-electron chi connectivity index (χ2n) is 2.01. The van der Waals surface area contributed by atoms with Crippen molar-refractivity contribution < 1.29 is 0 Å². The Kier molecular flexibility index (Phi) is 3.88. The summed E-state index contributed by atoms with van der Waals surface area (Å²) in [6, 6.07) is 1.52. The molecule has 7 heteroatoms. The number of nitrogens with zero attached hydrogens (tertiary/aromatic N) is 3. The highest BCUT2D eigenvalue weighted by Gasteiger charge is 2.10. The summed E-state index contributed by atoms with van der Waals surface area (Å²) in [4.78, 5) is 2.64. The van der Waals surface area contributed by atoms with Gasteiger partial charge >= 0.3 is 0 Å². The minimum atomic E-state index is 0.362. The molecule has 0 aliphatic rings. The SMILES string of the molecule is [N-]=[N+]=Nc1cc(Cl)c(Br)c(Cl)c1Br. The van der Waals surface area contributed by atoms with Crippen LogP contribution in [0.2, 0.25) is 10.0 Å². The monoisotopic (exact) mass is 343 g/mol. The second-order valence-corrected chi connectivity index (χ2v) is 4.38. The number of hydrogen-bond acceptors (Lipinski definition) is 1. The molecule has 0 fully saturated rings. The second kappa shape index (κ2) is 4.53. The molecular weight excluding hydrogens is 345 g/mol. The summed E-state index contributed by atoms with van der Waals surface area (Å²) in [5.74, 6) is 0. The van der Waals surface area contributed by atoms with Crippen molar-refractivity contribution in [1.29, 1.82) is 0 Å². The Hall–Kier alpha value is 0.0700. The molecule has 3 nitrogen and oxygen atoms in total. The van der Waals surface area contributed by atoms with E-state index < -0.39 is 0 Å². The van der Waals surface area contributed by atoms with Crippen LogP contribution in [0.1, 0.15) is 0 Å². The van der Waals surface area contributed by atoms with E-state index in [0.717, 1.165) is 0 Å². The van der Waals surface area contributed by atoms with Crippen LogP contribution in [0.15, 0.2) is 20.1 Å². The summed E-state index contributed by atoms with van der Waals surface area (Å²) in [6.45, 7) is 0. The maximum absolute atomic E-state index is 8.23. The van der Waals surface area contributed by atoms with Gasteiger partial charge in [-0.3, -0.25) is 0 Å². The summed E-state index contributed by atoms with van der Waals surface area (Å²) < 4.78 is 1.09. The highest BCUT2D eigenvalue weighted by atomic mass is 79.9. The quantitative estimate of drug-likeness (QED) is 0.213. The molecule has 0 spiro atoms. The van der Waals surface area contributed by atoms with Crippen LogP contribution in [0.5, 0.6) is 0 Å². The van der Waals surface area contributed by atoms with Gasteiger partial charge in [-0.1, -0.05) is 28.3 Å². The molecule has 1 rings (SSSR count). The van der Waals surface area contributed by atoms with E-state index in [1.54, 1.807) is 0 Å². The van der Waals surface area contributed by atoms with Gasteiger partial charge in [0.05, 0.1) is 20.2 Å². The van der Waals surface area contributed by atoms with Gasteiger partial charge < -0.3 is 0 Å². The van der Waals surface area contributed by atoms with Crippen LogP contribution in [0.4, 0.5) is 5.69 Å². The molecule has 0 aliphatic carbocycles. The number of halogens is 4. The van der Waals surface area contributed by atoms with Crippen molar-refractivity contribution in [2.24, 2.45) is 5.11 Å². The predicted octanol–water partition coefficient (Wildman–Crippen LogP) is 5.46. The maximum Gasteiger partial charge on any atom is 0.0709 e. The van der Waals surface area contributed by atoms with E-state index >= 15 is 0 Å². The molecule has 0 saturated heterocycles. The zero-order valence-electron chi connectivity index (χ0n) is 5.93. The summed E-state index contributed by atoms with van der Waals surface area (Å²) in [7, 11) is 0. The van der Waals surface area contributed by atoms with E-state index in [1.807, 2.05) is 0 Å². The Bertz CT molecular complexity index is 401. The van der Waals surface area contributed by atoms with Crippen molar-refractivity contribution in [2.45, 2.75) is 0 Å². The molecule has 0 saturated carbocycles. The van der Waals surface area contributed by atoms with E-state index in [-0.39, 0.29) is 0 Å². The lowest BCUT2D eigenvalue weighted by Gasteiger charge is -2.04. The topological polar surface area (TPSA) is 48.8 Å². The highest BCUT2D eigenvalue weighted by molar-refractivity contribution is 9.11. The van der Waals surface area contributed by atoms with Crippen molar-refractivity contribution in [1.82, 2.24) is 0 Å². The van der Waals surface area contributed by atoms with Gasteiger partial charge in [0.25, 0.3) is 0 Å². The van der Waals surface area contributed by atoms with Crippen LogP contribution in [0.3, 0.4) is 0 Å². The average molecular weight is 346 g/mol. The fourth-order valence-electron chi connectivity index (χ4n) is 0.681. The first-order valence-corrected chi connectivity index (χ1v) is 5.30. The lowest BCUT2D eigenvalue weighted by Crippen LogP contribution is -1.76. The molecule has 0 atom stereocenters. The van der Waals surface area contributed by atoms with Crippen molar-refractivity contribution in [3.8, 4) is 0 Å². The molecule has 0 bridgehead atoms. The molecule has 0 N–H and O–H groups in total. The van der Waals surface area contributed by atoms with Gasteiger partial charge in [0.2, 0.25) is 0 Å². The normalized spacial score (nSPS) is 9.54. The molecule has 13 heavy (non-hydrogen) atoms. The third-order valence-corrected chi connectivity index (χ3v) is 4.22.